The summed E-state index contributed by atoms with van der Waals surface area (Å²) in [5.41, 5.74) is -0.534. The van der Waals surface area contributed by atoms with Crippen LogP contribution in [0.15, 0.2) is 0 Å². The van der Waals surface area contributed by atoms with Gasteiger partial charge in [-0.1, -0.05) is 26.7 Å². The van der Waals surface area contributed by atoms with E-state index in [1.165, 1.54) is 6.42 Å². The molecule has 7 nitrogen and oxygen atoms in total. The maximum Gasteiger partial charge on any atom is 0.410 e. The quantitative estimate of drug-likeness (QED) is 0.738. The Hall–Kier alpha value is -1.79. The number of likely N-dealkylation sites (tertiary alicyclic amines) is 1. The standard InChI is InChI=1S/C21H36N2O5/c1-14-7-6-8-17(15(14)2)22-18(24)13-27-19(25)16-9-11-23(12-10-16)20(26)28-21(3,4)5/h14-17H,6-13H2,1-5H3,(H,22,24)/t14-,15-,17-/m1/s1. The lowest BCUT2D eigenvalue weighted by Gasteiger charge is -2.34. The van der Waals surface area contributed by atoms with Crippen molar-refractivity contribution in [2.45, 2.75) is 78.4 Å². The van der Waals surface area contributed by atoms with Crippen molar-refractivity contribution in [3.05, 3.63) is 0 Å². The van der Waals surface area contributed by atoms with Gasteiger partial charge in [0, 0.05) is 19.1 Å². The Balaban J connectivity index is 1.70. The summed E-state index contributed by atoms with van der Waals surface area (Å²) in [7, 11) is 0. The molecule has 160 valence electrons. The van der Waals surface area contributed by atoms with Gasteiger partial charge in [-0.05, 0) is 51.9 Å². The van der Waals surface area contributed by atoms with E-state index >= 15 is 0 Å². The highest BCUT2D eigenvalue weighted by molar-refractivity contribution is 5.81. The van der Waals surface area contributed by atoms with Crippen molar-refractivity contribution in [3.63, 3.8) is 0 Å². The van der Waals surface area contributed by atoms with Gasteiger partial charge in [-0.25, -0.2) is 4.79 Å². The van der Waals surface area contributed by atoms with E-state index < -0.39 is 5.60 Å². The van der Waals surface area contributed by atoms with Crippen molar-refractivity contribution in [3.8, 4) is 0 Å². The molecule has 1 saturated heterocycles. The number of piperidine rings is 1. The molecule has 1 N–H and O–H groups in total. The monoisotopic (exact) mass is 396 g/mol. The fraction of sp³-hybridized carbons (Fsp3) is 0.857. The number of ether oxygens (including phenoxy) is 2. The van der Waals surface area contributed by atoms with Gasteiger partial charge in [0.15, 0.2) is 6.61 Å². The van der Waals surface area contributed by atoms with Crippen LogP contribution in [0.5, 0.6) is 0 Å². The molecule has 28 heavy (non-hydrogen) atoms. The molecule has 0 aromatic heterocycles. The highest BCUT2D eigenvalue weighted by atomic mass is 16.6. The highest BCUT2D eigenvalue weighted by Gasteiger charge is 2.32. The molecule has 2 amide bonds. The van der Waals surface area contributed by atoms with E-state index in [1.807, 2.05) is 20.8 Å². The van der Waals surface area contributed by atoms with E-state index in [4.69, 9.17) is 9.47 Å². The van der Waals surface area contributed by atoms with E-state index in [2.05, 4.69) is 19.2 Å². The third-order valence-electron chi connectivity index (χ3n) is 5.88. The molecule has 2 fully saturated rings. The van der Waals surface area contributed by atoms with Gasteiger partial charge in [0.2, 0.25) is 0 Å². The van der Waals surface area contributed by atoms with Gasteiger partial charge in [0.1, 0.15) is 5.60 Å². The second-order valence-corrected chi connectivity index (χ2v) is 9.29. The highest BCUT2D eigenvalue weighted by Crippen LogP contribution is 2.29. The minimum atomic E-state index is -0.534. The maximum atomic E-state index is 12.3. The summed E-state index contributed by atoms with van der Waals surface area (Å²) in [6.07, 6.45) is 3.99. The van der Waals surface area contributed by atoms with Crippen LogP contribution in [0.4, 0.5) is 4.79 Å². The van der Waals surface area contributed by atoms with Gasteiger partial charge in [-0.2, -0.15) is 0 Å². The molecule has 0 radical (unpaired) electrons. The third-order valence-corrected chi connectivity index (χ3v) is 5.88. The number of amides is 2. The Bertz CT molecular complexity index is 564. The van der Waals surface area contributed by atoms with Crippen molar-refractivity contribution in [2.24, 2.45) is 17.8 Å². The lowest BCUT2D eigenvalue weighted by Crippen LogP contribution is -2.46. The molecule has 1 saturated carbocycles. The van der Waals surface area contributed by atoms with Gasteiger partial charge in [-0.3, -0.25) is 9.59 Å². The van der Waals surface area contributed by atoms with Crippen LogP contribution in [0.25, 0.3) is 0 Å². The zero-order valence-corrected chi connectivity index (χ0v) is 18.0. The van der Waals surface area contributed by atoms with E-state index in [9.17, 15) is 14.4 Å². The normalized spacial score (nSPS) is 26.5. The smallest absolute Gasteiger partial charge is 0.410 e. The van der Waals surface area contributed by atoms with Crippen LogP contribution in [0.1, 0.15) is 66.7 Å². The lowest BCUT2D eigenvalue weighted by molar-refractivity contribution is -0.154. The fourth-order valence-electron chi connectivity index (χ4n) is 3.91. The van der Waals surface area contributed by atoms with Crippen molar-refractivity contribution in [1.82, 2.24) is 10.2 Å². The number of carbonyl (C=O) groups is 3. The summed E-state index contributed by atoms with van der Waals surface area (Å²) < 4.78 is 10.6. The molecule has 0 aromatic rings. The zero-order valence-electron chi connectivity index (χ0n) is 18.0. The molecule has 0 aromatic carbocycles. The predicted molar refractivity (Wildman–Crippen MR) is 106 cm³/mol. The Labute approximate surface area is 168 Å². The molecule has 0 unspecified atom stereocenters. The van der Waals surface area contributed by atoms with Crippen molar-refractivity contribution >= 4 is 18.0 Å². The number of hydrogen-bond acceptors (Lipinski definition) is 5. The number of rotatable bonds is 4. The second-order valence-electron chi connectivity index (χ2n) is 9.29. The van der Waals surface area contributed by atoms with Crippen LogP contribution in [-0.4, -0.2) is 54.2 Å². The first-order valence-corrected chi connectivity index (χ1v) is 10.5. The van der Waals surface area contributed by atoms with Gasteiger partial charge in [0.05, 0.1) is 5.92 Å². The molecule has 7 heteroatoms. The molecule has 1 aliphatic carbocycles. The number of carbonyl (C=O) groups excluding carboxylic acids is 3. The van der Waals surface area contributed by atoms with Crippen molar-refractivity contribution in [1.29, 1.82) is 0 Å². The minimum Gasteiger partial charge on any atom is -0.455 e. The van der Waals surface area contributed by atoms with Crippen LogP contribution < -0.4 is 5.32 Å². The average Bonchev–Trinajstić information content (AvgIpc) is 2.62. The predicted octanol–water partition coefficient (Wildman–Crippen LogP) is 3.12. The van der Waals surface area contributed by atoms with Gasteiger partial charge in [0.25, 0.3) is 5.91 Å². The first-order chi connectivity index (χ1) is 13.1. The summed E-state index contributed by atoms with van der Waals surface area (Å²) in [6.45, 7) is 10.5. The summed E-state index contributed by atoms with van der Waals surface area (Å²) in [4.78, 5) is 38.1. The first kappa shape index (κ1) is 22.5. The fourth-order valence-corrected chi connectivity index (χ4v) is 3.91. The molecule has 2 rings (SSSR count). The molecule has 0 bridgehead atoms. The van der Waals surface area contributed by atoms with E-state index in [0.717, 1.165) is 12.8 Å². The number of esters is 1. The van der Waals surface area contributed by atoms with Crippen LogP contribution in [-0.2, 0) is 19.1 Å². The molecule has 2 aliphatic rings. The Morgan fingerprint density at radius 2 is 1.68 bits per heavy atom. The maximum absolute atomic E-state index is 12.3. The second kappa shape index (κ2) is 9.61. The molecular formula is C21H36N2O5. The molecular weight excluding hydrogens is 360 g/mol. The molecule has 0 spiro atoms. The van der Waals surface area contributed by atoms with E-state index in [-0.39, 0.29) is 36.5 Å². The third kappa shape index (κ3) is 6.67. The topological polar surface area (TPSA) is 84.9 Å². The van der Waals surface area contributed by atoms with E-state index in [0.29, 0.717) is 37.8 Å². The number of nitrogens with zero attached hydrogens (tertiary/aromatic N) is 1. The molecule has 3 atom stereocenters. The Morgan fingerprint density at radius 3 is 2.29 bits per heavy atom. The summed E-state index contributed by atoms with van der Waals surface area (Å²) >= 11 is 0. The Kier molecular flexibility index (Phi) is 7.72. The van der Waals surface area contributed by atoms with Crippen LogP contribution in [0.3, 0.4) is 0 Å². The SMILES string of the molecule is C[C@@H]1[C@H](C)CCC[C@H]1NC(=O)COC(=O)C1CCN(C(=O)OC(C)(C)C)CC1. The van der Waals surface area contributed by atoms with Crippen LogP contribution >= 0.6 is 0 Å². The van der Waals surface area contributed by atoms with E-state index in [1.54, 1.807) is 4.90 Å². The van der Waals surface area contributed by atoms with Crippen LogP contribution in [0.2, 0.25) is 0 Å². The summed E-state index contributed by atoms with van der Waals surface area (Å²) in [5, 5.41) is 3.02. The largest absolute Gasteiger partial charge is 0.455 e. The first-order valence-electron chi connectivity index (χ1n) is 10.5. The van der Waals surface area contributed by atoms with Gasteiger partial charge < -0.3 is 19.7 Å². The van der Waals surface area contributed by atoms with Crippen molar-refractivity contribution < 1.29 is 23.9 Å². The molecule has 1 aliphatic heterocycles. The van der Waals surface area contributed by atoms with Crippen LogP contribution in [0, 0.1) is 17.8 Å². The van der Waals surface area contributed by atoms with Gasteiger partial charge in [-0.15, -0.1) is 0 Å². The number of nitrogens with one attached hydrogen (secondary N) is 1. The lowest BCUT2D eigenvalue weighted by atomic mass is 9.78. The average molecular weight is 397 g/mol. The molecule has 1 heterocycles. The zero-order chi connectivity index (χ0) is 20.9. The minimum absolute atomic E-state index is 0.159. The summed E-state index contributed by atoms with van der Waals surface area (Å²) in [6, 6.07) is 0.159. The van der Waals surface area contributed by atoms with Crippen molar-refractivity contribution in [2.75, 3.05) is 19.7 Å². The number of hydrogen-bond donors (Lipinski definition) is 1. The summed E-state index contributed by atoms with van der Waals surface area (Å²) in [5.74, 6) is 0.164. The Morgan fingerprint density at radius 1 is 1.04 bits per heavy atom. The van der Waals surface area contributed by atoms with Gasteiger partial charge >= 0.3 is 12.1 Å².